The standard InChI is InChI=1S/C16H31N/c1-5-14-9-15(10-14)11-17-8-7-16(6-2)12(3)13(17)4/h12-16H,5-11H2,1-4H3. The molecule has 1 heterocycles. The Bertz CT molecular complexity index is 232. The molecule has 2 fully saturated rings. The zero-order valence-corrected chi connectivity index (χ0v) is 12.3. The lowest BCUT2D eigenvalue weighted by Gasteiger charge is -2.46. The van der Waals surface area contributed by atoms with Crippen LogP contribution in [0.2, 0.25) is 0 Å². The van der Waals surface area contributed by atoms with Gasteiger partial charge in [0.15, 0.2) is 0 Å². The molecule has 0 bridgehead atoms. The third kappa shape index (κ3) is 2.86. The predicted octanol–water partition coefficient (Wildman–Crippen LogP) is 4.18. The van der Waals surface area contributed by atoms with E-state index < -0.39 is 0 Å². The summed E-state index contributed by atoms with van der Waals surface area (Å²) < 4.78 is 0. The number of hydrogen-bond acceptors (Lipinski definition) is 1. The molecule has 0 aromatic rings. The highest BCUT2D eigenvalue weighted by Crippen LogP contribution is 2.38. The van der Waals surface area contributed by atoms with E-state index in [0.717, 1.165) is 29.7 Å². The van der Waals surface area contributed by atoms with Gasteiger partial charge in [0.1, 0.15) is 0 Å². The fraction of sp³-hybridized carbons (Fsp3) is 1.00. The Morgan fingerprint density at radius 2 is 1.71 bits per heavy atom. The molecule has 1 heteroatoms. The first-order valence-corrected chi connectivity index (χ1v) is 7.89. The maximum atomic E-state index is 2.79. The van der Waals surface area contributed by atoms with E-state index in [2.05, 4.69) is 32.6 Å². The summed E-state index contributed by atoms with van der Waals surface area (Å²) in [4.78, 5) is 2.79. The molecule has 2 rings (SSSR count). The number of nitrogens with zero attached hydrogens (tertiary/aromatic N) is 1. The monoisotopic (exact) mass is 237 g/mol. The van der Waals surface area contributed by atoms with Gasteiger partial charge in [0.05, 0.1) is 0 Å². The molecule has 3 unspecified atom stereocenters. The Morgan fingerprint density at radius 3 is 2.29 bits per heavy atom. The van der Waals surface area contributed by atoms with Gasteiger partial charge >= 0.3 is 0 Å². The van der Waals surface area contributed by atoms with Crippen LogP contribution >= 0.6 is 0 Å². The Balaban J connectivity index is 1.78. The van der Waals surface area contributed by atoms with Crippen LogP contribution in [0.4, 0.5) is 0 Å². The second-order valence-corrected chi connectivity index (χ2v) is 6.66. The Labute approximate surface area is 108 Å². The van der Waals surface area contributed by atoms with Gasteiger partial charge in [-0.05, 0) is 56.4 Å². The third-order valence-electron chi connectivity index (χ3n) is 5.80. The molecule has 3 atom stereocenters. The fourth-order valence-electron chi connectivity index (χ4n) is 4.05. The first kappa shape index (κ1) is 13.4. The summed E-state index contributed by atoms with van der Waals surface area (Å²) in [6.45, 7) is 12.4. The van der Waals surface area contributed by atoms with Gasteiger partial charge in [0, 0.05) is 12.6 Å². The molecule has 1 nitrogen and oxygen atoms in total. The van der Waals surface area contributed by atoms with Crippen molar-refractivity contribution in [1.82, 2.24) is 4.90 Å². The molecule has 0 spiro atoms. The van der Waals surface area contributed by atoms with E-state index in [0.29, 0.717) is 0 Å². The van der Waals surface area contributed by atoms with Crippen molar-refractivity contribution in [3.8, 4) is 0 Å². The summed E-state index contributed by atoms with van der Waals surface area (Å²) in [5.41, 5.74) is 0. The normalized spacial score (nSPS) is 43.4. The SMILES string of the molecule is CCC1CC(CN2CCC(CC)C(C)C2C)C1. The second kappa shape index (κ2) is 5.73. The minimum Gasteiger partial charge on any atom is -0.300 e. The summed E-state index contributed by atoms with van der Waals surface area (Å²) in [6, 6.07) is 0.814. The Kier molecular flexibility index (Phi) is 4.52. The first-order chi connectivity index (χ1) is 8.15. The van der Waals surface area contributed by atoms with Crippen LogP contribution in [0.1, 0.15) is 59.8 Å². The van der Waals surface area contributed by atoms with Crippen LogP contribution in [0.15, 0.2) is 0 Å². The molecule has 1 saturated heterocycles. The number of rotatable bonds is 4. The summed E-state index contributed by atoms with van der Waals surface area (Å²) in [5, 5.41) is 0. The molecule has 1 aliphatic carbocycles. The first-order valence-electron chi connectivity index (χ1n) is 7.89. The van der Waals surface area contributed by atoms with Gasteiger partial charge in [-0.25, -0.2) is 0 Å². The molecule has 0 aromatic heterocycles. The predicted molar refractivity (Wildman–Crippen MR) is 75.1 cm³/mol. The molecule has 2 aliphatic rings. The van der Waals surface area contributed by atoms with E-state index in [-0.39, 0.29) is 0 Å². The molecule has 1 aliphatic heterocycles. The Hall–Kier alpha value is -0.0400. The summed E-state index contributed by atoms with van der Waals surface area (Å²) in [6.07, 6.45) is 7.23. The highest BCUT2D eigenvalue weighted by atomic mass is 15.2. The summed E-state index contributed by atoms with van der Waals surface area (Å²) >= 11 is 0. The lowest BCUT2D eigenvalue weighted by atomic mass is 9.72. The van der Waals surface area contributed by atoms with Crippen LogP contribution in [0.5, 0.6) is 0 Å². The van der Waals surface area contributed by atoms with Crippen LogP contribution in [0.25, 0.3) is 0 Å². The van der Waals surface area contributed by atoms with Gasteiger partial charge in [-0.2, -0.15) is 0 Å². The maximum Gasteiger partial charge on any atom is 0.00953 e. The van der Waals surface area contributed by atoms with E-state index in [9.17, 15) is 0 Å². The van der Waals surface area contributed by atoms with Crippen molar-refractivity contribution in [3.63, 3.8) is 0 Å². The van der Waals surface area contributed by atoms with E-state index in [1.54, 1.807) is 0 Å². The van der Waals surface area contributed by atoms with E-state index in [1.807, 2.05) is 0 Å². The van der Waals surface area contributed by atoms with Crippen LogP contribution in [-0.4, -0.2) is 24.0 Å². The third-order valence-corrected chi connectivity index (χ3v) is 5.80. The summed E-state index contributed by atoms with van der Waals surface area (Å²) in [5.74, 6) is 3.95. The minimum absolute atomic E-state index is 0.814. The van der Waals surface area contributed by atoms with Gasteiger partial charge in [0.25, 0.3) is 0 Å². The molecule has 100 valence electrons. The lowest BCUT2D eigenvalue weighted by Crippen LogP contribution is -2.49. The molecule has 0 aromatic carbocycles. The van der Waals surface area contributed by atoms with Crippen LogP contribution in [-0.2, 0) is 0 Å². The van der Waals surface area contributed by atoms with E-state index in [1.165, 1.54) is 45.2 Å². The second-order valence-electron chi connectivity index (χ2n) is 6.66. The van der Waals surface area contributed by atoms with Gasteiger partial charge in [-0.1, -0.05) is 33.6 Å². The molecule has 0 amide bonds. The van der Waals surface area contributed by atoms with E-state index in [4.69, 9.17) is 0 Å². The van der Waals surface area contributed by atoms with Crippen LogP contribution < -0.4 is 0 Å². The molecule has 1 saturated carbocycles. The highest BCUT2D eigenvalue weighted by molar-refractivity contribution is 4.88. The van der Waals surface area contributed by atoms with Crippen molar-refractivity contribution in [2.24, 2.45) is 23.7 Å². The smallest absolute Gasteiger partial charge is 0.00953 e. The van der Waals surface area contributed by atoms with Crippen molar-refractivity contribution in [1.29, 1.82) is 0 Å². The molecule has 0 N–H and O–H groups in total. The zero-order valence-electron chi connectivity index (χ0n) is 12.3. The lowest BCUT2D eigenvalue weighted by molar-refractivity contribution is 0.0284. The zero-order chi connectivity index (χ0) is 12.4. The molecule has 17 heavy (non-hydrogen) atoms. The number of hydrogen-bond donors (Lipinski definition) is 0. The van der Waals surface area contributed by atoms with Crippen molar-refractivity contribution < 1.29 is 0 Å². The largest absolute Gasteiger partial charge is 0.300 e. The van der Waals surface area contributed by atoms with Gasteiger partial charge < -0.3 is 4.90 Å². The maximum absolute atomic E-state index is 2.79. The molecular formula is C16H31N. The quantitative estimate of drug-likeness (QED) is 0.709. The average molecular weight is 237 g/mol. The number of piperidine rings is 1. The van der Waals surface area contributed by atoms with Crippen LogP contribution in [0.3, 0.4) is 0 Å². The number of likely N-dealkylation sites (tertiary alicyclic amines) is 1. The summed E-state index contributed by atoms with van der Waals surface area (Å²) in [7, 11) is 0. The van der Waals surface area contributed by atoms with Crippen molar-refractivity contribution in [2.75, 3.05) is 13.1 Å². The van der Waals surface area contributed by atoms with Crippen molar-refractivity contribution in [3.05, 3.63) is 0 Å². The topological polar surface area (TPSA) is 3.24 Å². The highest BCUT2D eigenvalue weighted by Gasteiger charge is 2.35. The fourth-order valence-corrected chi connectivity index (χ4v) is 4.05. The van der Waals surface area contributed by atoms with Crippen molar-refractivity contribution >= 4 is 0 Å². The van der Waals surface area contributed by atoms with E-state index >= 15 is 0 Å². The van der Waals surface area contributed by atoms with Gasteiger partial charge in [0.2, 0.25) is 0 Å². The Morgan fingerprint density at radius 1 is 1.00 bits per heavy atom. The minimum atomic E-state index is 0.814. The average Bonchev–Trinajstić information content (AvgIpc) is 2.28. The molecule has 0 radical (unpaired) electrons. The van der Waals surface area contributed by atoms with Gasteiger partial charge in [-0.3, -0.25) is 0 Å². The van der Waals surface area contributed by atoms with Crippen LogP contribution in [0, 0.1) is 23.7 Å². The van der Waals surface area contributed by atoms with Crippen molar-refractivity contribution in [2.45, 2.75) is 65.8 Å². The van der Waals surface area contributed by atoms with Gasteiger partial charge in [-0.15, -0.1) is 0 Å². The molecular weight excluding hydrogens is 206 g/mol.